The molecular formula is C54H36N2S. The van der Waals surface area contributed by atoms with Gasteiger partial charge in [-0.1, -0.05) is 164 Å². The van der Waals surface area contributed by atoms with E-state index in [1.807, 2.05) is 11.3 Å². The molecule has 2 nitrogen and oxygen atoms in total. The standard InChI is InChI=1S/C54H36N2S/c1-4-14-37(15-5-1)40-24-30-43(31-25-40)55(44-32-26-41(27-33-44)38-16-6-2-7-17-38)50-36-48-46-20-10-12-22-49(46)56(45-34-28-42(29-35-45)39-18-8-3-9-19-39)53(48)54-52(50)47-21-11-13-23-51(47)57-54/h1-36H. The zero-order chi connectivity index (χ0) is 37.7. The second-order valence-electron chi connectivity index (χ2n) is 14.5. The van der Waals surface area contributed by atoms with Gasteiger partial charge < -0.3 is 9.47 Å². The van der Waals surface area contributed by atoms with Gasteiger partial charge in [0.05, 0.1) is 21.4 Å². The molecule has 0 N–H and O–H groups in total. The third kappa shape index (κ3) is 5.71. The van der Waals surface area contributed by atoms with Crippen molar-refractivity contribution in [1.82, 2.24) is 4.57 Å². The van der Waals surface area contributed by atoms with Crippen molar-refractivity contribution >= 4 is 70.4 Å². The van der Waals surface area contributed by atoms with E-state index >= 15 is 0 Å². The fourth-order valence-electron chi connectivity index (χ4n) is 8.48. The fourth-order valence-corrected chi connectivity index (χ4v) is 9.74. The van der Waals surface area contributed by atoms with E-state index in [1.165, 1.54) is 75.4 Å². The van der Waals surface area contributed by atoms with E-state index in [2.05, 4.69) is 228 Å². The number of hydrogen-bond acceptors (Lipinski definition) is 2. The summed E-state index contributed by atoms with van der Waals surface area (Å²) in [4.78, 5) is 2.46. The average molecular weight is 745 g/mol. The molecule has 0 saturated heterocycles. The third-order valence-corrected chi connectivity index (χ3v) is 12.4. The number of fused-ring (bicyclic) bond motifs is 7. The minimum atomic E-state index is 1.11. The van der Waals surface area contributed by atoms with Crippen LogP contribution in [0.3, 0.4) is 0 Å². The lowest BCUT2D eigenvalue weighted by Crippen LogP contribution is -2.10. The minimum absolute atomic E-state index is 1.11. The van der Waals surface area contributed by atoms with E-state index in [-0.39, 0.29) is 0 Å². The normalized spacial score (nSPS) is 11.5. The monoisotopic (exact) mass is 744 g/mol. The molecule has 3 heteroatoms. The Morgan fingerprint density at radius 2 is 0.807 bits per heavy atom. The van der Waals surface area contributed by atoms with Crippen LogP contribution in [-0.2, 0) is 0 Å². The van der Waals surface area contributed by atoms with Gasteiger partial charge in [0.1, 0.15) is 0 Å². The lowest BCUT2D eigenvalue weighted by molar-refractivity contribution is 1.19. The second kappa shape index (κ2) is 13.8. The van der Waals surface area contributed by atoms with Crippen LogP contribution >= 0.6 is 11.3 Å². The quantitative estimate of drug-likeness (QED) is 0.158. The summed E-state index contributed by atoms with van der Waals surface area (Å²) in [5.74, 6) is 0. The molecule has 11 rings (SSSR count). The van der Waals surface area contributed by atoms with Crippen LogP contribution in [0.2, 0.25) is 0 Å². The molecule has 0 fully saturated rings. The predicted molar refractivity (Wildman–Crippen MR) is 245 cm³/mol. The minimum Gasteiger partial charge on any atom is -0.310 e. The van der Waals surface area contributed by atoms with Gasteiger partial charge in [0.25, 0.3) is 0 Å². The molecular weight excluding hydrogens is 709 g/mol. The first-order valence-corrected chi connectivity index (χ1v) is 20.2. The van der Waals surface area contributed by atoms with Crippen LogP contribution in [0.1, 0.15) is 0 Å². The molecule has 0 amide bonds. The lowest BCUT2D eigenvalue weighted by atomic mass is 10.0. The first-order valence-electron chi connectivity index (χ1n) is 19.4. The van der Waals surface area contributed by atoms with Crippen LogP contribution in [0.25, 0.3) is 81.0 Å². The Hall–Kier alpha value is -7.20. The molecule has 0 bridgehead atoms. The number of para-hydroxylation sites is 1. The largest absolute Gasteiger partial charge is 0.310 e. The van der Waals surface area contributed by atoms with E-state index < -0.39 is 0 Å². The molecule has 11 aromatic rings. The van der Waals surface area contributed by atoms with Gasteiger partial charge in [-0.25, -0.2) is 0 Å². The van der Waals surface area contributed by atoms with Crippen LogP contribution in [-0.4, -0.2) is 4.57 Å². The molecule has 0 aliphatic carbocycles. The van der Waals surface area contributed by atoms with E-state index in [9.17, 15) is 0 Å². The highest BCUT2D eigenvalue weighted by molar-refractivity contribution is 7.26. The summed E-state index contributed by atoms with van der Waals surface area (Å²) in [6, 6.07) is 79.3. The zero-order valence-electron chi connectivity index (χ0n) is 31.1. The Labute approximate surface area is 335 Å². The molecule has 2 aromatic heterocycles. The summed E-state index contributed by atoms with van der Waals surface area (Å²) in [7, 11) is 0. The molecule has 2 heterocycles. The summed E-state index contributed by atoms with van der Waals surface area (Å²) in [5.41, 5.74) is 14.2. The van der Waals surface area contributed by atoms with Crippen molar-refractivity contribution in [2.24, 2.45) is 0 Å². The smallest absolute Gasteiger partial charge is 0.0721 e. The van der Waals surface area contributed by atoms with E-state index in [0.29, 0.717) is 0 Å². The van der Waals surface area contributed by atoms with Crippen LogP contribution in [0.15, 0.2) is 218 Å². The number of aromatic nitrogens is 1. The van der Waals surface area contributed by atoms with Crippen LogP contribution in [0, 0.1) is 0 Å². The van der Waals surface area contributed by atoms with Crippen molar-refractivity contribution in [2.45, 2.75) is 0 Å². The first kappa shape index (κ1) is 33.2. The number of nitrogens with zero attached hydrogens (tertiary/aromatic N) is 2. The predicted octanol–water partition coefficient (Wildman–Crippen LogP) is 15.6. The lowest BCUT2D eigenvalue weighted by Gasteiger charge is -2.27. The van der Waals surface area contributed by atoms with E-state index in [4.69, 9.17) is 0 Å². The third-order valence-electron chi connectivity index (χ3n) is 11.2. The summed E-state index contributed by atoms with van der Waals surface area (Å²) in [6.07, 6.45) is 0. The number of rotatable bonds is 7. The van der Waals surface area contributed by atoms with E-state index in [0.717, 1.165) is 22.7 Å². The van der Waals surface area contributed by atoms with Gasteiger partial charge in [0, 0.05) is 43.3 Å². The van der Waals surface area contributed by atoms with Crippen molar-refractivity contribution in [3.05, 3.63) is 218 Å². The maximum Gasteiger partial charge on any atom is 0.0721 e. The first-order chi connectivity index (χ1) is 28.3. The summed E-state index contributed by atoms with van der Waals surface area (Å²) in [6.45, 7) is 0. The van der Waals surface area contributed by atoms with Gasteiger partial charge in [0.15, 0.2) is 0 Å². The van der Waals surface area contributed by atoms with E-state index in [1.54, 1.807) is 0 Å². The summed E-state index contributed by atoms with van der Waals surface area (Å²) >= 11 is 1.89. The zero-order valence-corrected chi connectivity index (χ0v) is 31.9. The number of anilines is 3. The topological polar surface area (TPSA) is 8.17 Å². The summed E-state index contributed by atoms with van der Waals surface area (Å²) < 4.78 is 5.03. The Balaban J connectivity index is 1.18. The Kier molecular flexibility index (Phi) is 8.04. The van der Waals surface area contributed by atoms with Gasteiger partial charge in [-0.05, 0) is 88.0 Å². The van der Waals surface area contributed by atoms with Crippen LogP contribution < -0.4 is 4.90 Å². The molecule has 0 unspecified atom stereocenters. The number of hydrogen-bond donors (Lipinski definition) is 0. The SMILES string of the molecule is c1ccc(-c2ccc(N(c3ccc(-c4ccccc4)cc3)c3cc4c5ccccc5n(-c5ccc(-c6ccccc6)cc5)c4c4sc5ccccc5c34)cc2)cc1. The van der Waals surface area contributed by atoms with Crippen molar-refractivity contribution < 1.29 is 0 Å². The Morgan fingerprint density at radius 1 is 0.368 bits per heavy atom. The number of benzene rings is 9. The molecule has 0 saturated carbocycles. The summed E-state index contributed by atoms with van der Waals surface area (Å²) in [5, 5.41) is 4.99. The maximum atomic E-state index is 2.48. The van der Waals surface area contributed by atoms with Gasteiger partial charge in [0.2, 0.25) is 0 Å². The highest BCUT2D eigenvalue weighted by atomic mass is 32.1. The Morgan fingerprint density at radius 3 is 1.35 bits per heavy atom. The van der Waals surface area contributed by atoms with Gasteiger partial charge >= 0.3 is 0 Å². The molecule has 0 aliphatic heterocycles. The molecule has 0 atom stereocenters. The highest BCUT2D eigenvalue weighted by Gasteiger charge is 2.25. The Bertz CT molecular complexity index is 3100. The second-order valence-corrected chi connectivity index (χ2v) is 15.6. The molecule has 0 spiro atoms. The fraction of sp³-hybridized carbons (Fsp3) is 0. The van der Waals surface area contributed by atoms with Gasteiger partial charge in [-0.2, -0.15) is 0 Å². The van der Waals surface area contributed by atoms with Crippen LogP contribution in [0.5, 0.6) is 0 Å². The van der Waals surface area contributed by atoms with Crippen molar-refractivity contribution in [3.8, 4) is 39.1 Å². The van der Waals surface area contributed by atoms with Gasteiger partial charge in [-0.15, -0.1) is 11.3 Å². The van der Waals surface area contributed by atoms with Crippen molar-refractivity contribution in [3.63, 3.8) is 0 Å². The highest BCUT2D eigenvalue weighted by Crippen LogP contribution is 2.50. The van der Waals surface area contributed by atoms with Crippen molar-refractivity contribution in [2.75, 3.05) is 4.90 Å². The number of thiophene rings is 1. The molecule has 9 aromatic carbocycles. The molecule has 57 heavy (non-hydrogen) atoms. The van der Waals surface area contributed by atoms with Crippen LogP contribution in [0.4, 0.5) is 17.1 Å². The maximum absolute atomic E-state index is 2.48. The van der Waals surface area contributed by atoms with Gasteiger partial charge in [-0.3, -0.25) is 0 Å². The molecule has 0 radical (unpaired) electrons. The van der Waals surface area contributed by atoms with Crippen molar-refractivity contribution in [1.29, 1.82) is 0 Å². The molecule has 268 valence electrons. The molecule has 0 aliphatic rings. The average Bonchev–Trinajstić information content (AvgIpc) is 3.85.